The Bertz CT molecular complexity index is 1980. The molecule has 1 aliphatic heterocycles. The van der Waals surface area contributed by atoms with Crippen LogP contribution in [0.3, 0.4) is 0 Å². The first-order valence-electron chi connectivity index (χ1n) is 16.0. The lowest BCUT2D eigenvalue weighted by atomic mass is 10.0. The summed E-state index contributed by atoms with van der Waals surface area (Å²) in [5, 5.41) is 23.8. The van der Waals surface area contributed by atoms with E-state index in [1.54, 1.807) is 36.7 Å². The van der Waals surface area contributed by atoms with Crippen molar-refractivity contribution in [2.24, 2.45) is 0 Å². The van der Waals surface area contributed by atoms with Gasteiger partial charge in [-0.2, -0.15) is 10.1 Å². The molecule has 4 N–H and O–H groups in total. The molecule has 6 rings (SSSR count). The number of rotatable bonds is 10. The van der Waals surface area contributed by atoms with Crippen LogP contribution in [0.5, 0.6) is 11.5 Å². The van der Waals surface area contributed by atoms with E-state index in [1.807, 2.05) is 32.9 Å². The molecule has 0 bridgehead atoms. The van der Waals surface area contributed by atoms with Crippen molar-refractivity contribution in [1.29, 1.82) is 0 Å². The molecule has 50 heavy (non-hydrogen) atoms. The van der Waals surface area contributed by atoms with Gasteiger partial charge in [-0.05, 0) is 67.7 Å². The number of benzene rings is 2. The Balaban J connectivity index is 1.28. The molecule has 1 amide bonds. The molecule has 2 aliphatic rings. The maximum atomic E-state index is 12.8. The normalized spacial score (nSPS) is 15.1. The van der Waals surface area contributed by atoms with Crippen molar-refractivity contribution in [2.75, 3.05) is 59.4 Å². The Morgan fingerprint density at radius 2 is 1.82 bits per heavy atom. The van der Waals surface area contributed by atoms with E-state index in [9.17, 15) is 18.3 Å². The van der Waals surface area contributed by atoms with Crippen LogP contribution in [-0.2, 0) is 14.8 Å². The van der Waals surface area contributed by atoms with Crippen molar-refractivity contribution in [1.82, 2.24) is 25.1 Å². The number of nitrogens with zero attached hydrogens (tertiary/aromatic N) is 6. The number of piperazine rings is 1. The van der Waals surface area contributed by atoms with Crippen molar-refractivity contribution in [3.05, 3.63) is 53.4 Å². The number of methoxy groups -OCH3 is 1. The predicted octanol–water partition coefficient (Wildman–Crippen LogP) is 5.82. The van der Waals surface area contributed by atoms with Crippen molar-refractivity contribution in [3.8, 4) is 22.6 Å². The number of phenols is 1. The topological polar surface area (TPSA) is 178 Å². The van der Waals surface area contributed by atoms with Gasteiger partial charge in [0.1, 0.15) is 22.9 Å². The third-order valence-corrected chi connectivity index (χ3v) is 9.89. The van der Waals surface area contributed by atoms with Crippen molar-refractivity contribution in [2.45, 2.75) is 45.3 Å². The van der Waals surface area contributed by atoms with Crippen molar-refractivity contribution < 1.29 is 27.8 Å². The number of sulfonamides is 1. The van der Waals surface area contributed by atoms with Crippen LogP contribution in [0, 0.1) is 0 Å². The molecular weight excluding hydrogens is 730 g/mol. The van der Waals surface area contributed by atoms with Crippen LogP contribution < -0.4 is 24.6 Å². The first-order chi connectivity index (χ1) is 23.7. The number of aromatic amines is 1. The summed E-state index contributed by atoms with van der Waals surface area (Å²) in [6, 6.07) is 8.22. The van der Waals surface area contributed by atoms with E-state index in [0.29, 0.717) is 59.3 Å². The van der Waals surface area contributed by atoms with Gasteiger partial charge in [0, 0.05) is 73.6 Å². The molecule has 0 radical (unpaired) electrons. The predicted molar refractivity (Wildman–Crippen MR) is 195 cm³/mol. The quantitative estimate of drug-likeness (QED) is 0.142. The Labute approximate surface area is 299 Å². The summed E-state index contributed by atoms with van der Waals surface area (Å²) in [5.41, 5.74) is 3.42. The Kier molecular flexibility index (Phi) is 9.72. The van der Waals surface area contributed by atoms with E-state index >= 15 is 0 Å². The minimum Gasteiger partial charge on any atom is -0.508 e. The SMILES string of the molecule is COc1cc(N2CCN(C(=O)OC(C)(C)C)CC2)c(-c2cn[nH]c2)cc1Nc1ncc(Br)c(Nc2ccc(O)cc2N(C2CC2)S(C)(=O)=O)n1. The summed E-state index contributed by atoms with van der Waals surface area (Å²) in [4.78, 5) is 25.8. The summed E-state index contributed by atoms with van der Waals surface area (Å²) in [5.74, 6) is 1.09. The van der Waals surface area contributed by atoms with Crippen LogP contribution in [0.1, 0.15) is 33.6 Å². The van der Waals surface area contributed by atoms with E-state index in [-0.39, 0.29) is 23.8 Å². The number of halogens is 1. The molecule has 0 spiro atoms. The van der Waals surface area contributed by atoms with E-state index in [0.717, 1.165) is 35.9 Å². The van der Waals surface area contributed by atoms with Crippen LogP contribution in [-0.4, -0.2) is 95.9 Å². The number of H-pyrrole nitrogens is 1. The Hall–Kier alpha value is -4.77. The lowest BCUT2D eigenvalue weighted by Crippen LogP contribution is -2.50. The molecule has 15 nitrogen and oxygen atoms in total. The fraction of sp³-hybridized carbons (Fsp3) is 0.394. The number of anilines is 6. The summed E-state index contributed by atoms with van der Waals surface area (Å²) in [6.45, 7) is 7.72. The molecule has 2 aromatic carbocycles. The third kappa shape index (κ3) is 7.99. The second kappa shape index (κ2) is 13.9. The number of amides is 1. The zero-order valence-electron chi connectivity index (χ0n) is 28.4. The average molecular weight is 771 g/mol. The smallest absolute Gasteiger partial charge is 0.410 e. The van der Waals surface area contributed by atoms with E-state index < -0.39 is 15.6 Å². The molecule has 1 saturated carbocycles. The van der Waals surface area contributed by atoms with Gasteiger partial charge in [-0.3, -0.25) is 9.40 Å². The van der Waals surface area contributed by atoms with Crippen LogP contribution in [0.25, 0.3) is 11.1 Å². The monoisotopic (exact) mass is 769 g/mol. The highest BCUT2D eigenvalue weighted by molar-refractivity contribution is 9.10. The molecule has 17 heteroatoms. The van der Waals surface area contributed by atoms with Gasteiger partial charge < -0.3 is 35.0 Å². The largest absolute Gasteiger partial charge is 0.508 e. The zero-order chi connectivity index (χ0) is 35.8. The summed E-state index contributed by atoms with van der Waals surface area (Å²) >= 11 is 3.51. The first kappa shape index (κ1) is 35.1. The van der Waals surface area contributed by atoms with Crippen molar-refractivity contribution in [3.63, 3.8) is 0 Å². The average Bonchev–Trinajstić information content (AvgIpc) is 3.72. The fourth-order valence-corrected chi connectivity index (χ4v) is 7.26. The van der Waals surface area contributed by atoms with Gasteiger partial charge in [0.15, 0.2) is 0 Å². The number of ether oxygens (including phenoxy) is 2. The molecule has 2 fully saturated rings. The third-order valence-electron chi connectivity index (χ3n) is 8.10. The number of hydrogen-bond acceptors (Lipinski definition) is 12. The number of carbonyl (C=O) groups is 1. The minimum atomic E-state index is -3.62. The van der Waals surface area contributed by atoms with Gasteiger partial charge in [0.05, 0.1) is 41.1 Å². The first-order valence-corrected chi connectivity index (χ1v) is 18.7. The van der Waals surface area contributed by atoms with Crippen LogP contribution in [0.2, 0.25) is 0 Å². The molecule has 266 valence electrons. The summed E-state index contributed by atoms with van der Waals surface area (Å²) in [7, 11) is -2.04. The standard InChI is InChI=1S/C33H40BrN9O6S/c1-33(2,3)49-32(45)42-12-10-41(11-13-42)27-16-29(48-4)26(15-23(27)20-17-36-37-18-20)39-31-35-19-24(34)30(40-31)38-25-9-8-22(44)14-28(25)43(21-6-7-21)50(5,46)47/h8-9,14-19,21,44H,6-7,10-13H2,1-5H3,(H,36,37)(H2,35,38,39,40). The van der Waals surface area contributed by atoms with Crippen molar-refractivity contribution >= 4 is 66.6 Å². The number of hydrogen-bond donors (Lipinski definition) is 4. The van der Waals surface area contributed by atoms with Gasteiger partial charge >= 0.3 is 6.09 Å². The molecule has 0 unspecified atom stereocenters. The number of aromatic hydroxyl groups is 1. The molecule has 4 aromatic rings. The lowest BCUT2D eigenvalue weighted by Gasteiger charge is -2.37. The molecule has 2 aromatic heterocycles. The maximum absolute atomic E-state index is 12.8. The highest BCUT2D eigenvalue weighted by Gasteiger charge is 2.37. The van der Waals surface area contributed by atoms with Gasteiger partial charge in [-0.15, -0.1) is 0 Å². The van der Waals surface area contributed by atoms with E-state index in [4.69, 9.17) is 14.5 Å². The zero-order valence-corrected chi connectivity index (χ0v) is 30.8. The Morgan fingerprint density at radius 3 is 2.44 bits per heavy atom. The van der Waals surface area contributed by atoms with Crippen LogP contribution >= 0.6 is 15.9 Å². The van der Waals surface area contributed by atoms with Gasteiger partial charge in [0.25, 0.3) is 0 Å². The molecule has 0 atom stereocenters. The number of nitrogens with one attached hydrogen (secondary N) is 3. The number of phenolic OH excluding ortho intramolecular Hbond substituents is 1. The van der Waals surface area contributed by atoms with Gasteiger partial charge in [-0.25, -0.2) is 18.2 Å². The highest BCUT2D eigenvalue weighted by atomic mass is 79.9. The second-order valence-electron chi connectivity index (χ2n) is 13.1. The summed E-state index contributed by atoms with van der Waals surface area (Å²) in [6.07, 6.45) is 7.41. The number of aromatic nitrogens is 4. The van der Waals surface area contributed by atoms with E-state index in [1.165, 1.54) is 16.4 Å². The number of carbonyl (C=O) groups excluding carboxylic acids is 1. The van der Waals surface area contributed by atoms with Gasteiger partial charge in [0.2, 0.25) is 16.0 Å². The van der Waals surface area contributed by atoms with Crippen LogP contribution in [0.4, 0.5) is 39.3 Å². The fourth-order valence-electron chi connectivity index (χ4n) is 5.71. The maximum Gasteiger partial charge on any atom is 0.410 e. The lowest BCUT2D eigenvalue weighted by molar-refractivity contribution is 0.0240. The van der Waals surface area contributed by atoms with Crippen LogP contribution in [0.15, 0.2) is 53.4 Å². The van der Waals surface area contributed by atoms with E-state index in [2.05, 4.69) is 46.6 Å². The Morgan fingerprint density at radius 1 is 1.08 bits per heavy atom. The summed E-state index contributed by atoms with van der Waals surface area (Å²) < 4.78 is 38.8. The highest BCUT2D eigenvalue weighted by Crippen LogP contribution is 2.43. The molecular formula is C33H40BrN9O6S. The molecule has 1 aliphatic carbocycles. The second-order valence-corrected chi connectivity index (χ2v) is 15.9. The van der Waals surface area contributed by atoms with Gasteiger partial charge in [-0.1, -0.05) is 0 Å². The minimum absolute atomic E-state index is 0.0575. The molecule has 1 saturated heterocycles. The molecule has 3 heterocycles.